The van der Waals surface area contributed by atoms with Crippen LogP contribution >= 0.6 is 11.3 Å². The molecule has 11 heavy (non-hydrogen) atoms. The summed E-state index contributed by atoms with van der Waals surface area (Å²) < 4.78 is 0. The van der Waals surface area contributed by atoms with Crippen molar-refractivity contribution in [1.29, 1.82) is 0 Å². The van der Waals surface area contributed by atoms with Crippen LogP contribution < -0.4 is 0 Å². The fourth-order valence-electron chi connectivity index (χ4n) is 0.850. The number of carboxylic acids is 1. The summed E-state index contributed by atoms with van der Waals surface area (Å²) in [5.41, 5.74) is 1.12. The summed E-state index contributed by atoms with van der Waals surface area (Å²) in [6.07, 6.45) is 0.638. The molecule has 0 aliphatic heterocycles. The maximum Gasteiger partial charge on any atom is 0.306 e. The lowest BCUT2D eigenvalue weighted by Crippen LogP contribution is -2.11. The van der Waals surface area contributed by atoms with Crippen molar-refractivity contribution in [3.05, 3.63) is 22.4 Å². The quantitative estimate of drug-likeness (QED) is 0.753. The number of aliphatic carboxylic acids is 1. The number of hydrogen-bond acceptors (Lipinski definition) is 2. The first-order chi connectivity index (χ1) is 5.20. The van der Waals surface area contributed by atoms with E-state index in [-0.39, 0.29) is 5.92 Å². The highest BCUT2D eigenvalue weighted by Gasteiger charge is 2.10. The molecule has 0 amide bonds. The average Bonchev–Trinajstić information content (AvgIpc) is 2.39. The lowest BCUT2D eigenvalue weighted by molar-refractivity contribution is -0.141. The third-order valence-corrected chi connectivity index (χ3v) is 2.28. The van der Waals surface area contributed by atoms with E-state index < -0.39 is 5.97 Å². The zero-order chi connectivity index (χ0) is 8.27. The molecule has 0 bridgehead atoms. The lowest BCUT2D eigenvalue weighted by Gasteiger charge is -2.02. The van der Waals surface area contributed by atoms with Gasteiger partial charge in [-0.2, -0.15) is 11.3 Å². The van der Waals surface area contributed by atoms with E-state index in [0.29, 0.717) is 6.42 Å². The molecule has 1 aromatic heterocycles. The van der Waals surface area contributed by atoms with Gasteiger partial charge in [-0.15, -0.1) is 0 Å². The van der Waals surface area contributed by atoms with Gasteiger partial charge < -0.3 is 5.11 Å². The van der Waals surface area contributed by atoms with Crippen molar-refractivity contribution in [1.82, 2.24) is 0 Å². The summed E-state index contributed by atoms with van der Waals surface area (Å²) in [5.74, 6) is -0.999. The van der Waals surface area contributed by atoms with Gasteiger partial charge in [0.2, 0.25) is 0 Å². The van der Waals surface area contributed by atoms with Crippen molar-refractivity contribution in [2.45, 2.75) is 13.3 Å². The Bertz CT molecular complexity index is 228. The Morgan fingerprint density at radius 2 is 2.55 bits per heavy atom. The Morgan fingerprint density at radius 3 is 3.00 bits per heavy atom. The average molecular weight is 170 g/mol. The molecule has 0 aliphatic carbocycles. The lowest BCUT2D eigenvalue weighted by atomic mass is 10.0. The van der Waals surface area contributed by atoms with Gasteiger partial charge in [-0.1, -0.05) is 6.92 Å². The minimum Gasteiger partial charge on any atom is -0.481 e. The molecule has 60 valence electrons. The van der Waals surface area contributed by atoms with Gasteiger partial charge in [0.15, 0.2) is 0 Å². The summed E-state index contributed by atoms with van der Waals surface area (Å²) in [7, 11) is 0. The minimum atomic E-state index is -0.726. The highest BCUT2D eigenvalue weighted by atomic mass is 32.1. The van der Waals surface area contributed by atoms with E-state index in [9.17, 15) is 4.79 Å². The standard InChI is InChI=1S/C8H10O2S/c1-6(8(9)10)4-7-2-3-11-5-7/h2-3,5-6H,4H2,1H3,(H,9,10)/t6-/m1/s1. The Morgan fingerprint density at radius 1 is 1.82 bits per heavy atom. The summed E-state index contributed by atoms with van der Waals surface area (Å²) in [6, 6.07) is 1.96. The van der Waals surface area contributed by atoms with Crippen molar-refractivity contribution in [2.75, 3.05) is 0 Å². The number of hydrogen-bond donors (Lipinski definition) is 1. The van der Waals surface area contributed by atoms with Gasteiger partial charge in [0.1, 0.15) is 0 Å². The number of carbonyl (C=O) groups is 1. The molecule has 0 aromatic carbocycles. The highest BCUT2D eigenvalue weighted by molar-refractivity contribution is 7.07. The van der Waals surface area contributed by atoms with Crippen molar-refractivity contribution in [3.8, 4) is 0 Å². The molecule has 1 atom stereocenters. The van der Waals surface area contributed by atoms with Crippen LogP contribution in [-0.2, 0) is 11.2 Å². The van der Waals surface area contributed by atoms with E-state index in [1.165, 1.54) is 0 Å². The normalized spacial score (nSPS) is 12.8. The van der Waals surface area contributed by atoms with Crippen LogP contribution in [0.15, 0.2) is 16.8 Å². The van der Waals surface area contributed by atoms with Crippen LogP contribution in [0.1, 0.15) is 12.5 Å². The van der Waals surface area contributed by atoms with Crippen molar-refractivity contribution in [2.24, 2.45) is 5.92 Å². The predicted molar refractivity (Wildman–Crippen MR) is 44.8 cm³/mol. The maximum absolute atomic E-state index is 10.4. The topological polar surface area (TPSA) is 37.3 Å². The van der Waals surface area contributed by atoms with Crippen LogP contribution in [0.5, 0.6) is 0 Å². The third kappa shape index (κ3) is 2.35. The fraction of sp³-hybridized carbons (Fsp3) is 0.375. The second-order valence-corrected chi connectivity index (χ2v) is 3.36. The smallest absolute Gasteiger partial charge is 0.306 e. The van der Waals surface area contributed by atoms with E-state index in [1.807, 2.05) is 16.8 Å². The molecule has 1 aromatic rings. The molecular weight excluding hydrogens is 160 g/mol. The number of thiophene rings is 1. The molecule has 1 N–H and O–H groups in total. The van der Waals surface area contributed by atoms with Crippen LogP contribution in [-0.4, -0.2) is 11.1 Å². The van der Waals surface area contributed by atoms with E-state index in [0.717, 1.165) is 5.56 Å². The molecule has 3 heteroatoms. The summed E-state index contributed by atoms with van der Waals surface area (Å²) in [6.45, 7) is 1.72. The maximum atomic E-state index is 10.4. The monoisotopic (exact) mass is 170 g/mol. The second kappa shape index (κ2) is 3.53. The molecule has 1 heterocycles. The molecule has 0 saturated heterocycles. The zero-order valence-electron chi connectivity index (χ0n) is 6.28. The van der Waals surface area contributed by atoms with Gasteiger partial charge in [-0.25, -0.2) is 0 Å². The van der Waals surface area contributed by atoms with E-state index >= 15 is 0 Å². The zero-order valence-corrected chi connectivity index (χ0v) is 7.10. The molecule has 0 saturated carbocycles. The molecule has 0 spiro atoms. The van der Waals surface area contributed by atoms with E-state index in [4.69, 9.17) is 5.11 Å². The molecule has 0 radical (unpaired) electrons. The van der Waals surface area contributed by atoms with Crippen molar-refractivity contribution < 1.29 is 9.90 Å². The van der Waals surface area contributed by atoms with E-state index in [2.05, 4.69) is 0 Å². The third-order valence-electron chi connectivity index (χ3n) is 1.54. The Balaban J connectivity index is 2.50. The van der Waals surface area contributed by atoms with Crippen LogP contribution in [0.25, 0.3) is 0 Å². The van der Waals surface area contributed by atoms with Crippen LogP contribution in [0, 0.1) is 5.92 Å². The first kappa shape index (κ1) is 8.27. The van der Waals surface area contributed by atoms with Crippen LogP contribution in [0.2, 0.25) is 0 Å². The predicted octanol–water partition coefficient (Wildman–Crippen LogP) is 2.01. The summed E-state index contributed by atoms with van der Waals surface area (Å²) in [5, 5.41) is 12.5. The van der Waals surface area contributed by atoms with Crippen LogP contribution in [0.4, 0.5) is 0 Å². The van der Waals surface area contributed by atoms with Gasteiger partial charge in [0.05, 0.1) is 5.92 Å². The van der Waals surface area contributed by atoms with Crippen LogP contribution in [0.3, 0.4) is 0 Å². The summed E-state index contributed by atoms with van der Waals surface area (Å²) in [4.78, 5) is 10.4. The SMILES string of the molecule is C[C@H](Cc1ccsc1)C(=O)O. The first-order valence-corrected chi connectivity index (χ1v) is 4.38. The van der Waals surface area contributed by atoms with E-state index in [1.54, 1.807) is 18.3 Å². The highest BCUT2D eigenvalue weighted by Crippen LogP contribution is 2.11. The largest absolute Gasteiger partial charge is 0.481 e. The fourth-order valence-corrected chi connectivity index (χ4v) is 1.53. The van der Waals surface area contributed by atoms with Crippen molar-refractivity contribution in [3.63, 3.8) is 0 Å². The number of carboxylic acid groups (broad SMARTS) is 1. The molecule has 0 aliphatic rings. The Labute approximate surface area is 69.5 Å². The van der Waals surface area contributed by atoms with Gasteiger partial charge in [-0.3, -0.25) is 4.79 Å². The first-order valence-electron chi connectivity index (χ1n) is 3.44. The summed E-state index contributed by atoms with van der Waals surface area (Å²) >= 11 is 1.60. The molecular formula is C8H10O2S. The Kier molecular flexibility index (Phi) is 2.65. The van der Waals surface area contributed by atoms with Gasteiger partial charge in [0, 0.05) is 0 Å². The van der Waals surface area contributed by atoms with Gasteiger partial charge in [-0.05, 0) is 28.8 Å². The van der Waals surface area contributed by atoms with Crippen molar-refractivity contribution >= 4 is 17.3 Å². The van der Waals surface area contributed by atoms with Gasteiger partial charge >= 0.3 is 5.97 Å². The minimum absolute atomic E-state index is 0.274. The van der Waals surface area contributed by atoms with Gasteiger partial charge in [0.25, 0.3) is 0 Å². The molecule has 2 nitrogen and oxygen atoms in total. The molecule has 1 rings (SSSR count). The Hall–Kier alpha value is -0.830. The number of rotatable bonds is 3. The molecule has 0 fully saturated rings. The second-order valence-electron chi connectivity index (χ2n) is 2.58. The molecule has 0 unspecified atom stereocenters.